The standard InChI is InChI=1S/C25H22O8/c1-14(31-22(27)16-10-6-3-7-11-16)25-12-17(13-30-21(26)15-8-4-2-5-9-15)20(33-25)18-19(25)24(29)32-23(18)28/h2-11,14,17-20H,12-13H2,1H3/t14?,17-,18?,19?,20-,25-/m1/s1. The van der Waals surface area contributed by atoms with E-state index in [-0.39, 0.29) is 18.9 Å². The van der Waals surface area contributed by atoms with Gasteiger partial charge < -0.3 is 18.9 Å². The molecule has 8 nitrogen and oxygen atoms in total. The van der Waals surface area contributed by atoms with Gasteiger partial charge in [-0.05, 0) is 37.6 Å². The summed E-state index contributed by atoms with van der Waals surface area (Å²) in [6, 6.07) is 17.0. The molecule has 6 atom stereocenters. The Morgan fingerprint density at radius 2 is 1.58 bits per heavy atom. The van der Waals surface area contributed by atoms with Gasteiger partial charge in [0.25, 0.3) is 0 Å². The summed E-state index contributed by atoms with van der Waals surface area (Å²) in [5, 5.41) is 0. The van der Waals surface area contributed by atoms with Crippen molar-refractivity contribution in [2.24, 2.45) is 17.8 Å². The molecule has 8 heteroatoms. The molecular weight excluding hydrogens is 428 g/mol. The maximum Gasteiger partial charge on any atom is 0.338 e. The molecular formula is C25H22O8. The van der Waals surface area contributed by atoms with Crippen LogP contribution in [-0.2, 0) is 28.5 Å². The number of rotatable bonds is 6. The largest absolute Gasteiger partial charge is 0.462 e. The SMILES string of the molecule is CC(OC(=O)c1ccccc1)[C@@]12C[C@H](COC(=O)c3ccccc3)[C@@H](O1)C1C(=O)OC(=O)C12. The van der Waals surface area contributed by atoms with E-state index in [4.69, 9.17) is 18.9 Å². The Hall–Kier alpha value is -3.52. The van der Waals surface area contributed by atoms with E-state index in [1.807, 2.05) is 0 Å². The molecule has 0 spiro atoms. The molecule has 2 aromatic rings. The van der Waals surface area contributed by atoms with E-state index < -0.39 is 53.5 Å². The van der Waals surface area contributed by atoms with Crippen LogP contribution in [0.5, 0.6) is 0 Å². The Bertz CT molecular complexity index is 1100. The molecule has 33 heavy (non-hydrogen) atoms. The van der Waals surface area contributed by atoms with Gasteiger partial charge in [-0.25, -0.2) is 9.59 Å². The summed E-state index contributed by atoms with van der Waals surface area (Å²) < 4.78 is 22.3. The minimum absolute atomic E-state index is 0.00415. The Labute approximate surface area is 189 Å². The maximum atomic E-state index is 12.6. The van der Waals surface area contributed by atoms with E-state index >= 15 is 0 Å². The normalized spacial score (nSPS) is 30.5. The molecule has 170 valence electrons. The summed E-state index contributed by atoms with van der Waals surface area (Å²) in [6.45, 7) is 1.65. The average Bonchev–Trinajstić information content (AvgIpc) is 3.48. The summed E-state index contributed by atoms with van der Waals surface area (Å²) in [4.78, 5) is 50.0. The predicted molar refractivity (Wildman–Crippen MR) is 112 cm³/mol. The fourth-order valence-corrected chi connectivity index (χ4v) is 5.24. The Kier molecular flexibility index (Phi) is 5.25. The van der Waals surface area contributed by atoms with Crippen molar-refractivity contribution in [3.8, 4) is 0 Å². The average molecular weight is 450 g/mol. The zero-order chi connectivity index (χ0) is 23.2. The van der Waals surface area contributed by atoms with Crippen molar-refractivity contribution < 1.29 is 38.1 Å². The highest BCUT2D eigenvalue weighted by Crippen LogP contribution is 2.59. The van der Waals surface area contributed by atoms with Crippen molar-refractivity contribution >= 4 is 23.9 Å². The first-order valence-corrected chi connectivity index (χ1v) is 10.8. The van der Waals surface area contributed by atoms with Crippen LogP contribution in [0.15, 0.2) is 60.7 Å². The van der Waals surface area contributed by atoms with Crippen LogP contribution in [0.1, 0.15) is 34.1 Å². The lowest BCUT2D eigenvalue weighted by atomic mass is 9.67. The molecule has 3 aliphatic rings. The number of benzene rings is 2. The predicted octanol–water partition coefficient (Wildman–Crippen LogP) is 2.56. The lowest BCUT2D eigenvalue weighted by Crippen LogP contribution is -2.51. The van der Waals surface area contributed by atoms with Gasteiger partial charge in [-0.1, -0.05) is 36.4 Å². The quantitative estimate of drug-likeness (QED) is 0.376. The zero-order valence-corrected chi connectivity index (χ0v) is 17.8. The van der Waals surface area contributed by atoms with Crippen LogP contribution in [0, 0.1) is 17.8 Å². The van der Waals surface area contributed by atoms with Crippen molar-refractivity contribution in [2.45, 2.75) is 31.2 Å². The van der Waals surface area contributed by atoms with Crippen molar-refractivity contribution in [3.05, 3.63) is 71.8 Å². The van der Waals surface area contributed by atoms with E-state index in [1.165, 1.54) is 0 Å². The number of cyclic esters (lactones) is 2. The number of hydrogen-bond acceptors (Lipinski definition) is 8. The Morgan fingerprint density at radius 1 is 0.970 bits per heavy atom. The maximum absolute atomic E-state index is 12.6. The highest BCUT2D eigenvalue weighted by atomic mass is 16.6. The molecule has 0 amide bonds. The van der Waals surface area contributed by atoms with Crippen LogP contribution in [0.2, 0.25) is 0 Å². The smallest absolute Gasteiger partial charge is 0.338 e. The molecule has 0 radical (unpaired) electrons. The van der Waals surface area contributed by atoms with Crippen LogP contribution < -0.4 is 0 Å². The molecule has 5 rings (SSSR count). The highest BCUT2D eigenvalue weighted by Gasteiger charge is 2.74. The van der Waals surface area contributed by atoms with Gasteiger partial charge in [0.15, 0.2) is 0 Å². The van der Waals surface area contributed by atoms with Crippen LogP contribution in [-0.4, -0.2) is 48.3 Å². The van der Waals surface area contributed by atoms with Crippen LogP contribution in [0.4, 0.5) is 0 Å². The van der Waals surface area contributed by atoms with Gasteiger partial charge in [-0.15, -0.1) is 0 Å². The van der Waals surface area contributed by atoms with Gasteiger partial charge in [-0.3, -0.25) is 9.59 Å². The summed E-state index contributed by atoms with van der Waals surface area (Å²) in [7, 11) is 0. The lowest BCUT2D eigenvalue weighted by molar-refractivity contribution is -0.163. The summed E-state index contributed by atoms with van der Waals surface area (Å²) in [5.41, 5.74) is -0.453. The lowest BCUT2D eigenvalue weighted by Gasteiger charge is -2.36. The van der Waals surface area contributed by atoms with Gasteiger partial charge in [-0.2, -0.15) is 0 Å². The van der Waals surface area contributed by atoms with Gasteiger partial charge in [0.1, 0.15) is 23.5 Å². The van der Waals surface area contributed by atoms with Gasteiger partial charge in [0.2, 0.25) is 0 Å². The van der Waals surface area contributed by atoms with Crippen molar-refractivity contribution in [3.63, 3.8) is 0 Å². The van der Waals surface area contributed by atoms with E-state index in [9.17, 15) is 19.2 Å². The third-order valence-corrected chi connectivity index (χ3v) is 6.79. The second kappa shape index (κ2) is 8.12. The molecule has 0 saturated carbocycles. The topological polar surface area (TPSA) is 105 Å². The van der Waals surface area contributed by atoms with E-state index in [0.717, 1.165) is 0 Å². The minimum atomic E-state index is -1.23. The monoisotopic (exact) mass is 450 g/mol. The number of fused-ring (bicyclic) bond motifs is 5. The molecule has 3 aliphatic heterocycles. The molecule has 3 saturated heterocycles. The molecule has 3 fully saturated rings. The summed E-state index contributed by atoms with van der Waals surface area (Å²) in [5.74, 6) is -4.41. The second-order valence-corrected chi connectivity index (χ2v) is 8.62. The minimum Gasteiger partial charge on any atom is -0.462 e. The van der Waals surface area contributed by atoms with E-state index in [2.05, 4.69) is 0 Å². The summed E-state index contributed by atoms with van der Waals surface area (Å²) >= 11 is 0. The van der Waals surface area contributed by atoms with Gasteiger partial charge >= 0.3 is 23.9 Å². The third kappa shape index (κ3) is 3.51. The fourth-order valence-electron chi connectivity index (χ4n) is 5.24. The first-order valence-electron chi connectivity index (χ1n) is 10.8. The van der Waals surface area contributed by atoms with Crippen LogP contribution in [0.25, 0.3) is 0 Å². The molecule has 0 aromatic heterocycles. The fraction of sp³-hybridized carbons (Fsp3) is 0.360. The molecule has 0 aliphatic carbocycles. The van der Waals surface area contributed by atoms with E-state index in [0.29, 0.717) is 11.1 Å². The molecule has 3 unspecified atom stereocenters. The van der Waals surface area contributed by atoms with Crippen molar-refractivity contribution in [1.29, 1.82) is 0 Å². The number of carbonyl (C=O) groups excluding carboxylic acids is 4. The number of ether oxygens (including phenoxy) is 4. The van der Waals surface area contributed by atoms with Crippen LogP contribution >= 0.6 is 0 Å². The number of carbonyl (C=O) groups is 4. The summed E-state index contributed by atoms with van der Waals surface area (Å²) in [6.07, 6.45) is -1.22. The first kappa shape index (κ1) is 21.3. The first-order chi connectivity index (χ1) is 15.9. The van der Waals surface area contributed by atoms with E-state index in [1.54, 1.807) is 67.6 Å². The van der Waals surface area contributed by atoms with Crippen LogP contribution in [0.3, 0.4) is 0 Å². The highest BCUT2D eigenvalue weighted by molar-refractivity contribution is 5.98. The Morgan fingerprint density at radius 3 is 2.21 bits per heavy atom. The van der Waals surface area contributed by atoms with Gasteiger partial charge in [0, 0.05) is 5.92 Å². The zero-order valence-electron chi connectivity index (χ0n) is 17.8. The van der Waals surface area contributed by atoms with Gasteiger partial charge in [0.05, 0.1) is 23.8 Å². The number of hydrogen-bond donors (Lipinski definition) is 0. The molecule has 3 heterocycles. The number of esters is 4. The molecule has 2 bridgehead atoms. The molecule has 2 aromatic carbocycles. The Balaban J connectivity index is 1.35. The van der Waals surface area contributed by atoms with Crippen molar-refractivity contribution in [1.82, 2.24) is 0 Å². The third-order valence-electron chi connectivity index (χ3n) is 6.79. The van der Waals surface area contributed by atoms with Crippen molar-refractivity contribution in [2.75, 3.05) is 6.61 Å². The molecule has 0 N–H and O–H groups in total. The second-order valence-electron chi connectivity index (χ2n) is 8.62.